The molecule has 0 radical (unpaired) electrons. The fourth-order valence-corrected chi connectivity index (χ4v) is 3.47. The maximum atomic E-state index is 13.7. The minimum atomic E-state index is -0.920. The highest BCUT2D eigenvalue weighted by Crippen LogP contribution is 2.17. The van der Waals surface area contributed by atoms with Crippen molar-refractivity contribution < 1.29 is 19.4 Å². The van der Waals surface area contributed by atoms with Crippen LogP contribution in [0.5, 0.6) is 0 Å². The third-order valence-electron chi connectivity index (χ3n) is 4.91. The molecule has 0 aliphatic rings. The third kappa shape index (κ3) is 7.18. The highest BCUT2D eigenvalue weighted by molar-refractivity contribution is 5.84. The van der Waals surface area contributed by atoms with E-state index < -0.39 is 17.7 Å². The first-order valence-electron chi connectivity index (χ1n) is 11.4. The predicted octanol–water partition coefficient (Wildman–Crippen LogP) is 4.06. The van der Waals surface area contributed by atoms with Crippen LogP contribution in [0.1, 0.15) is 51.4 Å². The number of carboxylic acid groups (broad SMARTS) is 1. The molecule has 0 bridgehead atoms. The van der Waals surface area contributed by atoms with Crippen LogP contribution in [0.25, 0.3) is 16.6 Å². The second kappa shape index (κ2) is 11.3. The molecule has 3 rings (SSSR count). The van der Waals surface area contributed by atoms with E-state index in [9.17, 15) is 14.4 Å². The molecule has 2 N–H and O–H groups in total. The number of nitrogens with one attached hydrogen (secondary N) is 1. The van der Waals surface area contributed by atoms with E-state index >= 15 is 0 Å². The van der Waals surface area contributed by atoms with Gasteiger partial charge in [0, 0.05) is 24.9 Å². The summed E-state index contributed by atoms with van der Waals surface area (Å²) in [6, 6.07) is 14.5. The van der Waals surface area contributed by atoms with Gasteiger partial charge in [-0.15, -0.1) is 0 Å². The molecule has 0 spiro atoms. The minimum Gasteiger partial charge on any atom is -0.481 e. The van der Waals surface area contributed by atoms with Crippen LogP contribution < -0.4 is 10.9 Å². The van der Waals surface area contributed by atoms with Crippen molar-refractivity contribution >= 4 is 23.0 Å². The van der Waals surface area contributed by atoms with Crippen molar-refractivity contribution in [3.8, 4) is 17.5 Å². The van der Waals surface area contributed by atoms with Gasteiger partial charge in [-0.3, -0.25) is 14.2 Å². The number of hydrogen-bond donors (Lipinski definition) is 2. The van der Waals surface area contributed by atoms with Gasteiger partial charge in [-0.05, 0) is 51.5 Å². The van der Waals surface area contributed by atoms with Crippen LogP contribution in [0.4, 0.5) is 4.79 Å². The number of carbonyl (C=O) groups is 2. The van der Waals surface area contributed by atoms with Crippen LogP contribution in [-0.4, -0.2) is 38.9 Å². The molecule has 8 heteroatoms. The summed E-state index contributed by atoms with van der Waals surface area (Å²) in [5.41, 5.74) is 0.872. The molecule has 182 valence electrons. The summed E-state index contributed by atoms with van der Waals surface area (Å²) in [7, 11) is 0. The highest BCUT2D eigenvalue weighted by Gasteiger charge is 2.17. The molecule has 0 unspecified atom stereocenters. The molecular weight excluding hydrogens is 446 g/mol. The topological polar surface area (TPSA) is 111 Å². The number of fused-ring (bicyclic) bond motifs is 1. The van der Waals surface area contributed by atoms with Gasteiger partial charge in [0.25, 0.3) is 5.56 Å². The lowest BCUT2D eigenvalue weighted by molar-refractivity contribution is -0.136. The molecule has 1 heterocycles. The predicted molar refractivity (Wildman–Crippen MR) is 134 cm³/mol. The maximum Gasteiger partial charge on any atom is 0.407 e. The second-order valence-corrected chi connectivity index (χ2v) is 8.93. The SMILES string of the molecule is CC(C)(C)OC(=O)NCCCc1nc2cccc(C#CCCC(=O)O)c2c(=O)n1-c1ccccc1. The molecule has 8 nitrogen and oxygen atoms in total. The van der Waals surface area contributed by atoms with Crippen LogP contribution in [0.2, 0.25) is 0 Å². The Morgan fingerprint density at radius 1 is 1.11 bits per heavy atom. The van der Waals surface area contributed by atoms with Crippen LogP contribution in [0, 0.1) is 11.8 Å². The van der Waals surface area contributed by atoms with Crippen molar-refractivity contribution in [2.45, 2.75) is 52.1 Å². The number of carbonyl (C=O) groups excluding carboxylic acids is 1. The summed E-state index contributed by atoms with van der Waals surface area (Å²) >= 11 is 0. The van der Waals surface area contributed by atoms with Crippen LogP contribution in [0.15, 0.2) is 53.3 Å². The van der Waals surface area contributed by atoms with E-state index in [4.69, 9.17) is 14.8 Å². The van der Waals surface area contributed by atoms with Crippen LogP contribution >= 0.6 is 0 Å². The Hall–Kier alpha value is -4.12. The van der Waals surface area contributed by atoms with E-state index in [0.717, 1.165) is 0 Å². The number of ether oxygens (including phenoxy) is 1. The van der Waals surface area contributed by atoms with Gasteiger partial charge < -0.3 is 15.2 Å². The zero-order valence-corrected chi connectivity index (χ0v) is 20.1. The van der Waals surface area contributed by atoms with Gasteiger partial charge in [0.1, 0.15) is 11.4 Å². The van der Waals surface area contributed by atoms with Gasteiger partial charge in [-0.2, -0.15) is 0 Å². The number of para-hydroxylation sites is 1. The maximum absolute atomic E-state index is 13.7. The number of rotatable bonds is 7. The molecule has 1 amide bonds. The quantitative estimate of drug-likeness (QED) is 0.394. The van der Waals surface area contributed by atoms with Crippen LogP contribution in [0.3, 0.4) is 0 Å². The van der Waals surface area contributed by atoms with E-state index in [1.165, 1.54) is 0 Å². The number of amides is 1. The summed E-state index contributed by atoms with van der Waals surface area (Å²) < 4.78 is 6.83. The Labute approximate surface area is 204 Å². The van der Waals surface area contributed by atoms with E-state index in [1.54, 1.807) is 43.5 Å². The van der Waals surface area contributed by atoms with E-state index in [2.05, 4.69) is 17.2 Å². The Bertz CT molecular complexity index is 1330. The van der Waals surface area contributed by atoms with E-state index in [1.807, 2.05) is 30.3 Å². The zero-order chi connectivity index (χ0) is 25.4. The molecule has 3 aromatic rings. The number of nitrogens with zero attached hydrogens (tertiary/aromatic N) is 2. The monoisotopic (exact) mass is 475 g/mol. The Balaban J connectivity index is 1.94. The second-order valence-electron chi connectivity index (χ2n) is 8.93. The first-order valence-corrected chi connectivity index (χ1v) is 11.4. The first kappa shape index (κ1) is 25.5. The highest BCUT2D eigenvalue weighted by atomic mass is 16.6. The molecule has 0 fully saturated rings. The standard InChI is InChI=1S/C27H29N3O5/c1-27(2,3)35-26(34)28-18-10-16-22-29-21-15-9-12-19(11-7-8-17-23(31)32)24(21)25(33)30(22)20-13-5-4-6-14-20/h4-6,9,12-15H,8,10,16-18H2,1-3H3,(H,28,34)(H,31,32). The largest absolute Gasteiger partial charge is 0.481 e. The van der Waals surface area contributed by atoms with Gasteiger partial charge in [-0.25, -0.2) is 9.78 Å². The van der Waals surface area contributed by atoms with Gasteiger partial charge in [0.05, 0.1) is 23.0 Å². The summed E-state index contributed by atoms with van der Waals surface area (Å²) in [6.45, 7) is 5.77. The molecule has 2 aromatic carbocycles. The number of alkyl carbamates (subject to hydrolysis) is 1. The molecule has 0 aliphatic heterocycles. The van der Waals surface area contributed by atoms with Crippen molar-refractivity contribution in [1.82, 2.24) is 14.9 Å². The fraction of sp³-hybridized carbons (Fsp3) is 0.333. The van der Waals surface area contributed by atoms with Crippen molar-refractivity contribution in [3.05, 3.63) is 70.3 Å². The molecule has 35 heavy (non-hydrogen) atoms. The number of aliphatic carboxylic acids is 1. The lowest BCUT2D eigenvalue weighted by Crippen LogP contribution is -2.33. The van der Waals surface area contributed by atoms with Gasteiger partial charge in [0.15, 0.2) is 0 Å². The molecule has 0 atom stereocenters. The number of carboxylic acids is 1. The zero-order valence-electron chi connectivity index (χ0n) is 20.1. The molecule has 0 saturated carbocycles. The summed E-state index contributed by atoms with van der Waals surface area (Å²) in [6.07, 6.45) is 0.638. The Morgan fingerprint density at radius 3 is 2.54 bits per heavy atom. The van der Waals surface area contributed by atoms with Gasteiger partial charge in [-0.1, -0.05) is 36.1 Å². The van der Waals surface area contributed by atoms with Crippen molar-refractivity contribution in [2.75, 3.05) is 6.54 Å². The molecular formula is C27H29N3O5. The molecule has 0 aliphatic carbocycles. The lowest BCUT2D eigenvalue weighted by Gasteiger charge is -2.19. The summed E-state index contributed by atoms with van der Waals surface area (Å²) in [4.78, 5) is 41.1. The van der Waals surface area contributed by atoms with E-state index in [-0.39, 0.29) is 18.4 Å². The number of aromatic nitrogens is 2. The summed E-state index contributed by atoms with van der Waals surface area (Å²) in [5, 5.41) is 11.9. The Morgan fingerprint density at radius 2 is 1.86 bits per heavy atom. The van der Waals surface area contributed by atoms with Gasteiger partial charge in [0.2, 0.25) is 0 Å². The first-order chi connectivity index (χ1) is 16.7. The fourth-order valence-electron chi connectivity index (χ4n) is 3.47. The smallest absolute Gasteiger partial charge is 0.407 e. The molecule has 1 aromatic heterocycles. The van der Waals surface area contributed by atoms with Crippen LogP contribution in [-0.2, 0) is 16.0 Å². The number of aryl methyl sites for hydroxylation is 1. The number of benzene rings is 2. The van der Waals surface area contributed by atoms with Crippen molar-refractivity contribution in [3.63, 3.8) is 0 Å². The van der Waals surface area contributed by atoms with Gasteiger partial charge >= 0.3 is 12.1 Å². The summed E-state index contributed by atoms with van der Waals surface area (Å²) in [5.74, 6) is 5.42. The average molecular weight is 476 g/mol. The van der Waals surface area contributed by atoms with E-state index in [0.29, 0.717) is 47.4 Å². The number of hydrogen-bond acceptors (Lipinski definition) is 5. The van der Waals surface area contributed by atoms with Crippen molar-refractivity contribution in [1.29, 1.82) is 0 Å². The minimum absolute atomic E-state index is 0.0637. The Kier molecular flexibility index (Phi) is 8.26. The molecule has 0 saturated heterocycles. The average Bonchev–Trinajstić information content (AvgIpc) is 2.79. The normalized spacial score (nSPS) is 10.9. The van der Waals surface area contributed by atoms with Crippen molar-refractivity contribution in [2.24, 2.45) is 0 Å². The lowest BCUT2D eigenvalue weighted by atomic mass is 10.1. The third-order valence-corrected chi connectivity index (χ3v) is 4.91.